The minimum atomic E-state index is -0.834. The smallest absolute Gasteiger partial charge is 0.326 e. The highest BCUT2D eigenvalue weighted by Gasteiger charge is 2.48. The molecule has 1 aliphatic heterocycles. The summed E-state index contributed by atoms with van der Waals surface area (Å²) >= 11 is 1.64. The fourth-order valence-corrected chi connectivity index (χ4v) is 4.22. The van der Waals surface area contributed by atoms with Crippen molar-refractivity contribution in [2.24, 2.45) is 11.8 Å². The standard InChI is InChI=1S/C14H23NO3S/c1-9(8-19-2)13(16)15-11-6-4-3-5-10(11)7-12(15)14(17)18/h9-12H,3-8H2,1-2H3,(H,17,18)/t9-,10+,11+,12-/m0/s1. The lowest BCUT2D eigenvalue weighted by atomic mass is 9.84. The molecule has 0 radical (unpaired) electrons. The predicted molar refractivity (Wildman–Crippen MR) is 76.2 cm³/mol. The van der Waals surface area contributed by atoms with Crippen LogP contribution in [0.25, 0.3) is 0 Å². The Kier molecular flexibility index (Phi) is 4.76. The van der Waals surface area contributed by atoms with Crippen molar-refractivity contribution in [1.29, 1.82) is 0 Å². The number of carboxylic acids is 1. The van der Waals surface area contributed by atoms with Crippen LogP contribution < -0.4 is 0 Å². The molecule has 0 aromatic heterocycles. The Labute approximate surface area is 118 Å². The van der Waals surface area contributed by atoms with Crippen molar-refractivity contribution < 1.29 is 14.7 Å². The summed E-state index contributed by atoms with van der Waals surface area (Å²) in [7, 11) is 0. The Morgan fingerprint density at radius 1 is 1.37 bits per heavy atom. The zero-order valence-electron chi connectivity index (χ0n) is 11.7. The van der Waals surface area contributed by atoms with Gasteiger partial charge in [-0.1, -0.05) is 19.8 Å². The minimum absolute atomic E-state index is 0.0381. The molecule has 0 spiro atoms. The first kappa shape index (κ1) is 14.7. The van der Waals surface area contributed by atoms with E-state index in [9.17, 15) is 14.7 Å². The second-order valence-corrected chi connectivity index (χ2v) is 6.71. The lowest BCUT2D eigenvalue weighted by Gasteiger charge is -2.34. The molecule has 2 rings (SSSR count). The molecule has 0 unspecified atom stereocenters. The number of hydrogen-bond donors (Lipinski definition) is 1. The zero-order valence-corrected chi connectivity index (χ0v) is 12.5. The molecule has 1 aliphatic carbocycles. The predicted octanol–water partition coefficient (Wildman–Crippen LogP) is 2.23. The maximum atomic E-state index is 12.6. The largest absolute Gasteiger partial charge is 0.480 e. The second kappa shape index (κ2) is 6.16. The molecule has 1 saturated carbocycles. The quantitative estimate of drug-likeness (QED) is 0.860. The maximum Gasteiger partial charge on any atom is 0.326 e. The highest BCUT2D eigenvalue weighted by molar-refractivity contribution is 7.98. The van der Waals surface area contributed by atoms with Crippen molar-refractivity contribution in [3.63, 3.8) is 0 Å². The van der Waals surface area contributed by atoms with Crippen LogP contribution in [0.5, 0.6) is 0 Å². The van der Waals surface area contributed by atoms with Gasteiger partial charge in [0.2, 0.25) is 5.91 Å². The first-order valence-electron chi connectivity index (χ1n) is 7.10. The number of amides is 1. The number of carbonyl (C=O) groups is 2. The van der Waals surface area contributed by atoms with Gasteiger partial charge in [-0.3, -0.25) is 4.79 Å². The highest BCUT2D eigenvalue weighted by atomic mass is 32.2. The van der Waals surface area contributed by atoms with Crippen LogP contribution in [0.3, 0.4) is 0 Å². The summed E-state index contributed by atoms with van der Waals surface area (Å²) in [5.74, 6) is 0.284. The first-order valence-corrected chi connectivity index (χ1v) is 8.49. The van der Waals surface area contributed by atoms with Gasteiger partial charge in [0.15, 0.2) is 0 Å². The van der Waals surface area contributed by atoms with Crippen molar-refractivity contribution in [1.82, 2.24) is 4.90 Å². The molecule has 1 amide bonds. The summed E-state index contributed by atoms with van der Waals surface area (Å²) in [5.41, 5.74) is 0. The van der Waals surface area contributed by atoms with Crippen LogP contribution in [0.4, 0.5) is 0 Å². The van der Waals surface area contributed by atoms with Crippen molar-refractivity contribution >= 4 is 23.6 Å². The van der Waals surface area contributed by atoms with Crippen LogP contribution in [0.2, 0.25) is 0 Å². The summed E-state index contributed by atoms with van der Waals surface area (Å²) in [5, 5.41) is 9.39. The number of thioether (sulfide) groups is 1. The Hall–Kier alpha value is -0.710. The molecular weight excluding hydrogens is 262 g/mol. The second-order valence-electron chi connectivity index (χ2n) is 5.80. The molecule has 1 N–H and O–H groups in total. The topological polar surface area (TPSA) is 57.6 Å². The molecule has 4 atom stereocenters. The van der Waals surface area contributed by atoms with E-state index in [-0.39, 0.29) is 17.9 Å². The molecule has 5 heteroatoms. The highest BCUT2D eigenvalue weighted by Crippen LogP contribution is 2.40. The SMILES string of the molecule is CSC[C@H](C)C(=O)N1[C@@H]2CCCC[C@@H]2C[C@H]1C(=O)O. The Morgan fingerprint density at radius 2 is 2.05 bits per heavy atom. The first-order chi connectivity index (χ1) is 9.06. The van der Waals surface area contributed by atoms with E-state index >= 15 is 0 Å². The fourth-order valence-electron chi connectivity index (χ4n) is 3.57. The maximum absolute atomic E-state index is 12.6. The van der Waals surface area contributed by atoms with Gasteiger partial charge < -0.3 is 10.0 Å². The zero-order chi connectivity index (χ0) is 14.0. The number of hydrogen-bond acceptors (Lipinski definition) is 3. The van der Waals surface area contributed by atoms with E-state index in [4.69, 9.17) is 0 Å². The van der Waals surface area contributed by atoms with E-state index in [0.29, 0.717) is 12.3 Å². The van der Waals surface area contributed by atoms with Crippen LogP contribution in [0.15, 0.2) is 0 Å². The number of carboxylic acid groups (broad SMARTS) is 1. The molecule has 1 saturated heterocycles. The average molecular weight is 285 g/mol. The minimum Gasteiger partial charge on any atom is -0.480 e. The summed E-state index contributed by atoms with van der Waals surface area (Å²) in [4.78, 5) is 25.7. The van der Waals surface area contributed by atoms with Gasteiger partial charge in [-0.2, -0.15) is 11.8 Å². The third-order valence-corrected chi connectivity index (χ3v) is 5.30. The van der Waals surface area contributed by atoms with Gasteiger partial charge in [-0.05, 0) is 31.4 Å². The van der Waals surface area contributed by atoms with E-state index in [0.717, 1.165) is 25.0 Å². The summed E-state index contributed by atoms with van der Waals surface area (Å²) < 4.78 is 0. The number of carbonyl (C=O) groups excluding carboxylic acids is 1. The molecule has 1 heterocycles. The van der Waals surface area contributed by atoms with Gasteiger partial charge in [0.05, 0.1) is 0 Å². The normalized spacial score (nSPS) is 31.9. The van der Waals surface area contributed by atoms with E-state index < -0.39 is 12.0 Å². The van der Waals surface area contributed by atoms with Crippen molar-refractivity contribution in [3.8, 4) is 0 Å². The fraction of sp³-hybridized carbons (Fsp3) is 0.857. The lowest BCUT2D eigenvalue weighted by molar-refractivity contribution is -0.151. The Morgan fingerprint density at radius 3 is 2.68 bits per heavy atom. The molecule has 0 bridgehead atoms. The molecular formula is C14H23NO3S. The molecule has 2 aliphatic rings. The number of likely N-dealkylation sites (tertiary alicyclic amines) is 1. The molecule has 19 heavy (non-hydrogen) atoms. The Balaban J connectivity index is 2.17. The van der Waals surface area contributed by atoms with Crippen molar-refractivity contribution in [2.75, 3.05) is 12.0 Å². The molecule has 0 aromatic carbocycles. The van der Waals surface area contributed by atoms with Gasteiger partial charge >= 0.3 is 5.97 Å². The average Bonchev–Trinajstić information content (AvgIpc) is 2.77. The van der Waals surface area contributed by atoms with Gasteiger partial charge in [-0.25, -0.2) is 4.79 Å². The number of nitrogens with zero attached hydrogens (tertiary/aromatic N) is 1. The molecule has 4 nitrogen and oxygen atoms in total. The third-order valence-electron chi connectivity index (χ3n) is 4.47. The number of aliphatic carboxylic acids is 1. The molecule has 108 valence electrons. The number of fused-ring (bicyclic) bond motifs is 1. The van der Waals surface area contributed by atoms with E-state index in [1.165, 1.54) is 6.42 Å². The van der Waals surface area contributed by atoms with Crippen LogP contribution in [-0.2, 0) is 9.59 Å². The van der Waals surface area contributed by atoms with Gasteiger partial charge in [0.25, 0.3) is 0 Å². The van der Waals surface area contributed by atoms with Crippen molar-refractivity contribution in [2.45, 2.75) is 51.1 Å². The van der Waals surface area contributed by atoms with Crippen molar-refractivity contribution in [3.05, 3.63) is 0 Å². The van der Waals surface area contributed by atoms with Crippen LogP contribution in [0, 0.1) is 11.8 Å². The van der Waals surface area contributed by atoms with Crippen LogP contribution in [0.1, 0.15) is 39.0 Å². The van der Waals surface area contributed by atoms with E-state index in [2.05, 4.69) is 0 Å². The third kappa shape index (κ3) is 2.91. The van der Waals surface area contributed by atoms with Crippen LogP contribution in [-0.4, -0.2) is 46.0 Å². The van der Waals surface area contributed by atoms with Gasteiger partial charge in [0, 0.05) is 17.7 Å². The Bertz CT molecular complexity index is 361. The van der Waals surface area contributed by atoms with Crippen LogP contribution >= 0.6 is 11.8 Å². The van der Waals surface area contributed by atoms with E-state index in [1.54, 1.807) is 16.7 Å². The summed E-state index contributed by atoms with van der Waals surface area (Å²) in [6.45, 7) is 1.91. The number of rotatable bonds is 4. The lowest BCUT2D eigenvalue weighted by Crippen LogP contribution is -2.48. The summed E-state index contributed by atoms with van der Waals surface area (Å²) in [6.07, 6.45) is 6.98. The summed E-state index contributed by atoms with van der Waals surface area (Å²) in [6, 6.07) is -0.420. The van der Waals surface area contributed by atoms with Gasteiger partial charge in [0.1, 0.15) is 6.04 Å². The van der Waals surface area contributed by atoms with E-state index in [1.807, 2.05) is 13.2 Å². The molecule has 0 aromatic rings. The van der Waals surface area contributed by atoms with Gasteiger partial charge in [-0.15, -0.1) is 0 Å². The molecule has 2 fully saturated rings. The monoisotopic (exact) mass is 285 g/mol.